The summed E-state index contributed by atoms with van der Waals surface area (Å²) < 4.78 is 0. The number of nitrogens with two attached hydrogens (primary N) is 1. The van der Waals surface area contributed by atoms with Crippen molar-refractivity contribution in [1.82, 2.24) is 9.97 Å². The van der Waals surface area contributed by atoms with Crippen molar-refractivity contribution in [2.75, 3.05) is 0 Å². The van der Waals surface area contributed by atoms with E-state index in [1.54, 1.807) is 0 Å². The standard InChI is InChI=1S/C14H17N3O/c1-9(2)10-3-5-11(6-4-10)14-16-12(8-15)7-13(18)17-14/h3-7,9H,8,15H2,1-2H3,(H,16,17,18). The minimum atomic E-state index is -0.173. The van der Waals surface area contributed by atoms with E-state index in [1.165, 1.54) is 11.6 Å². The summed E-state index contributed by atoms with van der Waals surface area (Å²) in [6.07, 6.45) is 0. The van der Waals surface area contributed by atoms with Gasteiger partial charge >= 0.3 is 0 Å². The molecule has 0 aliphatic carbocycles. The van der Waals surface area contributed by atoms with E-state index >= 15 is 0 Å². The molecule has 0 spiro atoms. The zero-order valence-electron chi connectivity index (χ0n) is 10.6. The number of benzene rings is 1. The minimum Gasteiger partial charge on any atom is -0.325 e. The smallest absolute Gasteiger partial charge is 0.251 e. The number of hydrogen-bond acceptors (Lipinski definition) is 3. The van der Waals surface area contributed by atoms with Crippen LogP contribution < -0.4 is 11.3 Å². The molecule has 0 amide bonds. The van der Waals surface area contributed by atoms with Gasteiger partial charge in [0.2, 0.25) is 0 Å². The second-order valence-corrected chi connectivity index (χ2v) is 4.57. The van der Waals surface area contributed by atoms with Crippen LogP contribution in [0.5, 0.6) is 0 Å². The molecule has 4 heteroatoms. The molecule has 0 atom stereocenters. The van der Waals surface area contributed by atoms with Gasteiger partial charge < -0.3 is 10.7 Å². The molecule has 4 nitrogen and oxygen atoms in total. The fraction of sp³-hybridized carbons (Fsp3) is 0.286. The lowest BCUT2D eigenvalue weighted by Crippen LogP contribution is -2.12. The Hall–Kier alpha value is -1.94. The molecule has 2 aromatic rings. The van der Waals surface area contributed by atoms with Crippen LogP contribution >= 0.6 is 0 Å². The predicted octanol–water partition coefficient (Wildman–Crippen LogP) is 2.02. The third kappa shape index (κ3) is 2.65. The lowest BCUT2D eigenvalue weighted by Gasteiger charge is -2.07. The Labute approximate surface area is 106 Å². The lowest BCUT2D eigenvalue weighted by atomic mass is 10.0. The van der Waals surface area contributed by atoms with Crippen molar-refractivity contribution in [1.29, 1.82) is 0 Å². The first-order chi connectivity index (χ1) is 8.60. The van der Waals surface area contributed by atoms with Gasteiger partial charge in [0.1, 0.15) is 5.82 Å². The average Bonchev–Trinajstić information content (AvgIpc) is 2.38. The predicted molar refractivity (Wildman–Crippen MR) is 72.3 cm³/mol. The van der Waals surface area contributed by atoms with E-state index in [4.69, 9.17) is 5.73 Å². The topological polar surface area (TPSA) is 71.8 Å². The molecule has 0 unspecified atom stereocenters. The Morgan fingerprint density at radius 2 is 1.94 bits per heavy atom. The number of aromatic amines is 1. The van der Waals surface area contributed by atoms with Crippen molar-refractivity contribution >= 4 is 0 Å². The first-order valence-corrected chi connectivity index (χ1v) is 6.01. The fourth-order valence-corrected chi connectivity index (χ4v) is 1.78. The lowest BCUT2D eigenvalue weighted by molar-refractivity contribution is 0.866. The van der Waals surface area contributed by atoms with Crippen LogP contribution in [-0.4, -0.2) is 9.97 Å². The summed E-state index contributed by atoms with van der Waals surface area (Å²) in [7, 11) is 0. The van der Waals surface area contributed by atoms with Gasteiger partial charge in [0, 0.05) is 18.2 Å². The second kappa shape index (κ2) is 5.14. The van der Waals surface area contributed by atoms with Gasteiger partial charge in [-0.3, -0.25) is 4.79 Å². The van der Waals surface area contributed by atoms with Crippen LogP contribution in [0.1, 0.15) is 31.0 Å². The second-order valence-electron chi connectivity index (χ2n) is 4.57. The van der Waals surface area contributed by atoms with Gasteiger partial charge in [-0.1, -0.05) is 38.1 Å². The van der Waals surface area contributed by atoms with E-state index in [2.05, 4.69) is 35.9 Å². The van der Waals surface area contributed by atoms with Crippen molar-refractivity contribution in [2.24, 2.45) is 5.73 Å². The normalized spacial score (nSPS) is 10.9. The summed E-state index contributed by atoms with van der Waals surface area (Å²) in [5, 5.41) is 0. The van der Waals surface area contributed by atoms with Gasteiger partial charge in [-0.05, 0) is 11.5 Å². The van der Waals surface area contributed by atoms with Crippen LogP contribution in [0.2, 0.25) is 0 Å². The highest BCUT2D eigenvalue weighted by Crippen LogP contribution is 2.19. The number of rotatable bonds is 3. The van der Waals surface area contributed by atoms with Crippen LogP contribution in [0, 0.1) is 0 Å². The summed E-state index contributed by atoms with van der Waals surface area (Å²) in [5.41, 5.74) is 8.10. The maximum atomic E-state index is 11.5. The van der Waals surface area contributed by atoms with Crippen LogP contribution in [0.25, 0.3) is 11.4 Å². The van der Waals surface area contributed by atoms with Crippen molar-refractivity contribution in [2.45, 2.75) is 26.3 Å². The van der Waals surface area contributed by atoms with E-state index in [0.717, 1.165) is 5.56 Å². The fourth-order valence-electron chi connectivity index (χ4n) is 1.78. The molecule has 94 valence electrons. The highest BCUT2D eigenvalue weighted by atomic mass is 16.1. The van der Waals surface area contributed by atoms with Crippen LogP contribution in [-0.2, 0) is 6.54 Å². The molecule has 0 bridgehead atoms. The van der Waals surface area contributed by atoms with Gasteiger partial charge in [-0.25, -0.2) is 4.98 Å². The number of hydrogen-bond donors (Lipinski definition) is 2. The number of H-pyrrole nitrogens is 1. The van der Waals surface area contributed by atoms with Gasteiger partial charge in [-0.2, -0.15) is 0 Å². The number of nitrogens with one attached hydrogen (secondary N) is 1. The van der Waals surface area contributed by atoms with E-state index in [-0.39, 0.29) is 12.1 Å². The molecule has 0 aliphatic rings. The zero-order chi connectivity index (χ0) is 13.1. The molecule has 0 saturated heterocycles. The van der Waals surface area contributed by atoms with E-state index in [9.17, 15) is 4.79 Å². The molecule has 0 saturated carbocycles. The first kappa shape index (κ1) is 12.5. The Bertz CT molecular complexity index is 585. The van der Waals surface area contributed by atoms with E-state index < -0.39 is 0 Å². The third-order valence-electron chi connectivity index (χ3n) is 2.85. The highest BCUT2D eigenvalue weighted by molar-refractivity contribution is 5.55. The summed E-state index contributed by atoms with van der Waals surface area (Å²) in [6, 6.07) is 9.46. The molecule has 0 aliphatic heterocycles. The van der Waals surface area contributed by atoms with Crippen molar-refractivity contribution in [3.8, 4) is 11.4 Å². The van der Waals surface area contributed by atoms with Gasteiger partial charge in [0.05, 0.1) is 5.69 Å². The number of aromatic nitrogens is 2. The quantitative estimate of drug-likeness (QED) is 0.866. The summed E-state index contributed by atoms with van der Waals surface area (Å²) in [4.78, 5) is 18.5. The van der Waals surface area contributed by atoms with Gasteiger partial charge in [0.15, 0.2) is 0 Å². The molecule has 18 heavy (non-hydrogen) atoms. The molecular weight excluding hydrogens is 226 g/mol. The Morgan fingerprint density at radius 1 is 1.28 bits per heavy atom. The summed E-state index contributed by atoms with van der Waals surface area (Å²) in [6.45, 7) is 4.55. The Morgan fingerprint density at radius 3 is 2.50 bits per heavy atom. The van der Waals surface area contributed by atoms with Crippen LogP contribution in [0.15, 0.2) is 35.1 Å². The SMILES string of the molecule is CC(C)c1ccc(-c2nc(CN)cc(=O)[nH]2)cc1. The van der Waals surface area contributed by atoms with Crippen molar-refractivity contribution < 1.29 is 0 Å². The van der Waals surface area contributed by atoms with E-state index in [0.29, 0.717) is 17.4 Å². The third-order valence-corrected chi connectivity index (χ3v) is 2.85. The minimum absolute atomic E-state index is 0.173. The summed E-state index contributed by atoms with van der Waals surface area (Å²) in [5.74, 6) is 1.06. The Kier molecular flexibility index (Phi) is 3.58. The van der Waals surface area contributed by atoms with E-state index in [1.807, 2.05) is 12.1 Å². The maximum absolute atomic E-state index is 11.5. The van der Waals surface area contributed by atoms with Crippen LogP contribution in [0.4, 0.5) is 0 Å². The van der Waals surface area contributed by atoms with Gasteiger partial charge in [-0.15, -0.1) is 0 Å². The number of nitrogens with zero attached hydrogens (tertiary/aromatic N) is 1. The zero-order valence-corrected chi connectivity index (χ0v) is 10.6. The molecule has 1 aromatic carbocycles. The molecule has 0 radical (unpaired) electrons. The van der Waals surface area contributed by atoms with Crippen molar-refractivity contribution in [3.63, 3.8) is 0 Å². The van der Waals surface area contributed by atoms with Gasteiger partial charge in [0.25, 0.3) is 5.56 Å². The highest BCUT2D eigenvalue weighted by Gasteiger charge is 2.04. The largest absolute Gasteiger partial charge is 0.325 e. The molecule has 3 N–H and O–H groups in total. The summed E-state index contributed by atoms with van der Waals surface area (Å²) >= 11 is 0. The first-order valence-electron chi connectivity index (χ1n) is 6.01. The monoisotopic (exact) mass is 243 g/mol. The Balaban J connectivity index is 2.42. The molecule has 2 rings (SSSR count). The molecule has 0 fully saturated rings. The van der Waals surface area contributed by atoms with Crippen LogP contribution in [0.3, 0.4) is 0 Å². The van der Waals surface area contributed by atoms with Crippen molar-refractivity contribution in [3.05, 3.63) is 51.9 Å². The molecular formula is C14H17N3O. The molecule has 1 heterocycles. The maximum Gasteiger partial charge on any atom is 0.251 e. The molecule has 1 aromatic heterocycles. The average molecular weight is 243 g/mol.